The fraction of sp³-hybridized carbons (Fsp3) is 0.111. The third-order valence-corrected chi connectivity index (χ3v) is 3.73. The third-order valence-electron chi connectivity index (χ3n) is 3.54. The van der Waals surface area contributed by atoms with Gasteiger partial charge in [0.1, 0.15) is 22.6 Å². The summed E-state index contributed by atoms with van der Waals surface area (Å²) >= 11 is 5.93. The lowest BCUT2D eigenvalue weighted by atomic mass is 10.1. The van der Waals surface area contributed by atoms with E-state index < -0.39 is 23.4 Å². The highest BCUT2D eigenvalue weighted by Crippen LogP contribution is 2.32. The van der Waals surface area contributed by atoms with Crippen LogP contribution in [0.5, 0.6) is 0 Å². The Kier molecular flexibility index (Phi) is 5.27. The van der Waals surface area contributed by atoms with Gasteiger partial charge in [-0.15, -0.1) is 0 Å². The van der Waals surface area contributed by atoms with Crippen molar-refractivity contribution in [3.8, 4) is 11.4 Å². The Morgan fingerprint density at radius 2 is 1.63 bits per heavy atom. The van der Waals surface area contributed by atoms with E-state index in [2.05, 4.69) is 15.3 Å². The van der Waals surface area contributed by atoms with E-state index in [1.807, 2.05) is 0 Å². The molecule has 0 aliphatic rings. The first-order valence-corrected chi connectivity index (χ1v) is 7.99. The third kappa shape index (κ3) is 4.91. The van der Waals surface area contributed by atoms with Crippen LogP contribution in [0.25, 0.3) is 11.4 Å². The fourth-order valence-electron chi connectivity index (χ4n) is 2.38. The number of hydrogen-bond donors (Lipinski definition) is 1. The second-order valence-electron chi connectivity index (χ2n) is 5.61. The maximum absolute atomic E-state index is 13.2. The molecule has 140 valence electrons. The Morgan fingerprint density at radius 1 is 0.926 bits per heavy atom. The number of hydrogen-bond acceptors (Lipinski definition) is 3. The minimum absolute atomic E-state index is 0.00494. The molecule has 0 aliphatic heterocycles. The van der Waals surface area contributed by atoms with Crippen LogP contribution < -0.4 is 5.32 Å². The minimum atomic E-state index is -4.50. The highest BCUT2D eigenvalue weighted by molar-refractivity contribution is 6.29. The number of halogens is 6. The van der Waals surface area contributed by atoms with Crippen molar-refractivity contribution >= 4 is 17.4 Å². The van der Waals surface area contributed by atoms with Gasteiger partial charge in [-0.05, 0) is 29.8 Å². The fourth-order valence-corrected chi connectivity index (χ4v) is 2.56. The van der Waals surface area contributed by atoms with E-state index >= 15 is 0 Å². The molecule has 0 radical (unpaired) electrons. The van der Waals surface area contributed by atoms with Crippen molar-refractivity contribution in [2.24, 2.45) is 0 Å². The van der Waals surface area contributed by atoms with Crippen LogP contribution in [-0.4, -0.2) is 9.97 Å². The first-order valence-electron chi connectivity index (χ1n) is 7.62. The van der Waals surface area contributed by atoms with E-state index in [1.165, 1.54) is 18.2 Å². The van der Waals surface area contributed by atoms with Gasteiger partial charge in [0, 0.05) is 24.2 Å². The van der Waals surface area contributed by atoms with Crippen molar-refractivity contribution < 1.29 is 22.0 Å². The van der Waals surface area contributed by atoms with Crippen LogP contribution in [0.15, 0.2) is 48.5 Å². The molecule has 1 aromatic heterocycles. The number of alkyl halides is 3. The summed E-state index contributed by atoms with van der Waals surface area (Å²) in [6, 6.07) is 8.91. The van der Waals surface area contributed by atoms with Crippen LogP contribution in [0, 0.1) is 11.6 Å². The molecule has 3 rings (SSSR count). The van der Waals surface area contributed by atoms with Crippen molar-refractivity contribution in [2.45, 2.75) is 12.7 Å². The number of nitrogens with one attached hydrogen (secondary N) is 1. The number of nitrogens with zero attached hydrogens (tertiary/aromatic N) is 2. The SMILES string of the molecule is Fc1cc(F)cc(CNc2cc(Cl)nc(-c3cccc(C(F)(F)F)c3)n2)c1. The average Bonchev–Trinajstić information content (AvgIpc) is 2.58. The lowest BCUT2D eigenvalue weighted by molar-refractivity contribution is -0.137. The Hall–Kier alpha value is -2.74. The van der Waals surface area contributed by atoms with Crippen molar-refractivity contribution in [2.75, 3.05) is 5.32 Å². The van der Waals surface area contributed by atoms with E-state index in [-0.39, 0.29) is 28.9 Å². The number of aromatic nitrogens is 2. The first-order chi connectivity index (χ1) is 12.7. The van der Waals surface area contributed by atoms with Gasteiger partial charge in [-0.25, -0.2) is 18.7 Å². The van der Waals surface area contributed by atoms with Crippen LogP contribution in [0.3, 0.4) is 0 Å². The summed E-state index contributed by atoms with van der Waals surface area (Å²) in [5, 5.41) is 2.83. The standard InChI is InChI=1S/C18H11ClF5N3/c19-15-8-16(25-9-10-4-13(20)7-14(21)5-10)27-17(26-15)11-2-1-3-12(6-11)18(22,23)24/h1-8H,9H2,(H,25,26,27). The molecule has 0 unspecified atom stereocenters. The Bertz CT molecular complexity index is 955. The van der Waals surface area contributed by atoms with Gasteiger partial charge >= 0.3 is 6.18 Å². The van der Waals surface area contributed by atoms with E-state index in [0.29, 0.717) is 5.56 Å². The molecule has 0 amide bonds. The maximum Gasteiger partial charge on any atom is 0.416 e. The highest BCUT2D eigenvalue weighted by Gasteiger charge is 2.30. The number of benzene rings is 2. The quantitative estimate of drug-likeness (QED) is 0.451. The normalized spacial score (nSPS) is 11.5. The molecule has 0 spiro atoms. The zero-order valence-electron chi connectivity index (χ0n) is 13.5. The van der Waals surface area contributed by atoms with E-state index in [1.54, 1.807) is 0 Å². The maximum atomic E-state index is 13.2. The Morgan fingerprint density at radius 3 is 2.30 bits per heavy atom. The van der Waals surface area contributed by atoms with Crippen LogP contribution in [0.4, 0.5) is 27.8 Å². The Labute approximate surface area is 155 Å². The molecular weight excluding hydrogens is 389 g/mol. The van der Waals surface area contributed by atoms with Gasteiger partial charge in [-0.2, -0.15) is 13.2 Å². The molecular formula is C18H11ClF5N3. The highest BCUT2D eigenvalue weighted by atomic mass is 35.5. The summed E-state index contributed by atoms with van der Waals surface area (Å²) in [5.74, 6) is -1.26. The lowest BCUT2D eigenvalue weighted by Crippen LogP contribution is -2.06. The molecule has 0 saturated heterocycles. The predicted molar refractivity (Wildman–Crippen MR) is 91.2 cm³/mol. The first kappa shape index (κ1) is 19.0. The van der Waals surface area contributed by atoms with Crippen LogP contribution in [0.1, 0.15) is 11.1 Å². The van der Waals surface area contributed by atoms with Gasteiger partial charge in [0.2, 0.25) is 0 Å². The minimum Gasteiger partial charge on any atom is -0.366 e. The van der Waals surface area contributed by atoms with Gasteiger partial charge in [0.05, 0.1) is 5.56 Å². The van der Waals surface area contributed by atoms with Gasteiger partial charge < -0.3 is 5.32 Å². The van der Waals surface area contributed by atoms with Gasteiger partial charge in [0.25, 0.3) is 0 Å². The smallest absolute Gasteiger partial charge is 0.366 e. The van der Waals surface area contributed by atoms with Crippen molar-refractivity contribution in [3.05, 3.63) is 76.4 Å². The summed E-state index contributed by atoms with van der Waals surface area (Å²) in [6.07, 6.45) is -4.50. The molecule has 9 heteroatoms. The lowest BCUT2D eigenvalue weighted by Gasteiger charge is -2.10. The van der Waals surface area contributed by atoms with E-state index in [4.69, 9.17) is 11.6 Å². The van der Waals surface area contributed by atoms with E-state index in [9.17, 15) is 22.0 Å². The second-order valence-corrected chi connectivity index (χ2v) is 6.00. The average molecular weight is 400 g/mol. The zero-order chi connectivity index (χ0) is 19.6. The van der Waals surface area contributed by atoms with E-state index in [0.717, 1.165) is 30.3 Å². The zero-order valence-corrected chi connectivity index (χ0v) is 14.2. The summed E-state index contributed by atoms with van der Waals surface area (Å²) < 4.78 is 65.1. The van der Waals surface area contributed by atoms with Crippen LogP contribution >= 0.6 is 11.6 Å². The predicted octanol–water partition coefficient (Wildman–Crippen LogP) is 5.71. The summed E-state index contributed by atoms with van der Waals surface area (Å²) in [7, 11) is 0. The molecule has 1 heterocycles. The molecule has 27 heavy (non-hydrogen) atoms. The topological polar surface area (TPSA) is 37.8 Å². The molecule has 2 aromatic carbocycles. The number of rotatable bonds is 4. The van der Waals surface area contributed by atoms with Gasteiger partial charge in [-0.3, -0.25) is 0 Å². The largest absolute Gasteiger partial charge is 0.416 e. The van der Waals surface area contributed by atoms with Crippen molar-refractivity contribution in [3.63, 3.8) is 0 Å². The molecule has 0 bridgehead atoms. The molecule has 0 fully saturated rings. The van der Waals surface area contributed by atoms with Crippen molar-refractivity contribution in [1.29, 1.82) is 0 Å². The second kappa shape index (κ2) is 7.48. The monoisotopic (exact) mass is 399 g/mol. The summed E-state index contributed by atoms with van der Waals surface area (Å²) in [5.41, 5.74) is -0.386. The number of anilines is 1. The molecule has 0 aliphatic carbocycles. The van der Waals surface area contributed by atoms with Gasteiger partial charge in [0.15, 0.2) is 5.82 Å². The van der Waals surface area contributed by atoms with Crippen LogP contribution in [-0.2, 0) is 12.7 Å². The molecule has 3 nitrogen and oxygen atoms in total. The molecule has 1 N–H and O–H groups in total. The Balaban J connectivity index is 1.86. The van der Waals surface area contributed by atoms with Crippen molar-refractivity contribution in [1.82, 2.24) is 9.97 Å². The summed E-state index contributed by atoms with van der Waals surface area (Å²) in [4.78, 5) is 8.06. The van der Waals surface area contributed by atoms with Crippen LogP contribution in [0.2, 0.25) is 5.15 Å². The molecule has 3 aromatic rings. The molecule has 0 saturated carbocycles. The summed E-state index contributed by atoms with van der Waals surface area (Å²) in [6.45, 7) is 0.0318. The molecule has 0 atom stereocenters. The van der Waals surface area contributed by atoms with Gasteiger partial charge in [-0.1, -0.05) is 23.7 Å².